The molecule has 1 aromatic rings. The standard InChI is InChI=1S/C8H3BrF3N2O/c9-4-1-3(8(10,11)12)2-5-6(4)14-7(15)13-5/h1-2H,(H,13,15). The molecule has 0 spiro atoms. The molecule has 0 fully saturated rings. The molecule has 1 aliphatic rings. The quantitative estimate of drug-likeness (QED) is 0.778. The average molecular weight is 280 g/mol. The summed E-state index contributed by atoms with van der Waals surface area (Å²) in [5.41, 5.74) is -0.555. The summed E-state index contributed by atoms with van der Waals surface area (Å²) in [6.45, 7) is 0. The number of rotatable bonds is 0. The van der Waals surface area contributed by atoms with Crippen LogP contribution >= 0.6 is 15.9 Å². The first-order valence-electron chi connectivity index (χ1n) is 3.81. The summed E-state index contributed by atoms with van der Waals surface area (Å²) < 4.78 is 37.3. The van der Waals surface area contributed by atoms with Crippen molar-refractivity contribution in [2.75, 3.05) is 5.32 Å². The Balaban J connectivity index is 2.54. The van der Waals surface area contributed by atoms with Gasteiger partial charge in [-0.2, -0.15) is 18.5 Å². The van der Waals surface area contributed by atoms with Crippen molar-refractivity contribution in [1.29, 1.82) is 0 Å². The largest absolute Gasteiger partial charge is 0.416 e. The van der Waals surface area contributed by atoms with Crippen molar-refractivity contribution in [1.82, 2.24) is 5.32 Å². The van der Waals surface area contributed by atoms with Crippen molar-refractivity contribution < 1.29 is 18.0 Å². The summed E-state index contributed by atoms with van der Waals surface area (Å²) in [6, 6.07) is 1.09. The molecule has 3 nitrogen and oxygen atoms in total. The minimum atomic E-state index is -4.44. The molecule has 1 heterocycles. The molecule has 0 saturated carbocycles. The Morgan fingerprint density at radius 1 is 1.33 bits per heavy atom. The van der Waals surface area contributed by atoms with E-state index in [1.54, 1.807) is 0 Å². The molecule has 0 aliphatic carbocycles. The monoisotopic (exact) mass is 279 g/mol. The van der Waals surface area contributed by atoms with E-state index in [4.69, 9.17) is 0 Å². The fourth-order valence-electron chi connectivity index (χ4n) is 1.22. The Bertz CT molecular complexity index is 444. The van der Waals surface area contributed by atoms with E-state index >= 15 is 0 Å². The summed E-state index contributed by atoms with van der Waals surface area (Å²) in [7, 11) is 0. The maximum atomic E-state index is 12.4. The molecule has 1 radical (unpaired) electrons. The van der Waals surface area contributed by atoms with E-state index < -0.39 is 17.8 Å². The molecule has 7 heteroatoms. The lowest BCUT2D eigenvalue weighted by Crippen LogP contribution is -2.08. The van der Waals surface area contributed by atoms with Crippen LogP contribution in [-0.2, 0) is 6.18 Å². The minimum Gasteiger partial charge on any atom is -0.304 e. The third-order valence-electron chi connectivity index (χ3n) is 1.85. The van der Waals surface area contributed by atoms with Crippen LogP contribution in [0.1, 0.15) is 5.56 Å². The molecule has 0 unspecified atom stereocenters. The van der Waals surface area contributed by atoms with E-state index in [0.29, 0.717) is 0 Å². The maximum Gasteiger partial charge on any atom is 0.416 e. The van der Waals surface area contributed by atoms with Crippen molar-refractivity contribution in [3.63, 3.8) is 0 Å². The molecular weight excluding hydrogens is 277 g/mol. The number of nitrogens with one attached hydrogen (secondary N) is 1. The van der Waals surface area contributed by atoms with Crippen molar-refractivity contribution in [3.05, 3.63) is 22.2 Å². The Kier molecular flexibility index (Phi) is 2.14. The zero-order chi connectivity index (χ0) is 11.2. The van der Waals surface area contributed by atoms with Gasteiger partial charge in [0, 0.05) is 4.47 Å². The first-order valence-corrected chi connectivity index (χ1v) is 4.60. The van der Waals surface area contributed by atoms with Crippen LogP contribution in [0.15, 0.2) is 16.6 Å². The fourth-order valence-corrected chi connectivity index (χ4v) is 1.77. The number of carbonyl (C=O) groups excluding carboxylic acids is 1. The van der Waals surface area contributed by atoms with E-state index in [9.17, 15) is 18.0 Å². The zero-order valence-electron chi connectivity index (χ0n) is 7.02. The van der Waals surface area contributed by atoms with Crippen LogP contribution in [0.4, 0.5) is 29.3 Å². The van der Waals surface area contributed by atoms with Crippen LogP contribution in [0.3, 0.4) is 0 Å². The molecule has 1 aromatic carbocycles. The lowest BCUT2D eigenvalue weighted by Gasteiger charge is -2.08. The highest BCUT2D eigenvalue weighted by atomic mass is 79.9. The predicted octanol–water partition coefficient (Wildman–Crippen LogP) is 3.25. The number of benzene rings is 1. The van der Waals surface area contributed by atoms with Gasteiger partial charge in [0.2, 0.25) is 0 Å². The molecule has 15 heavy (non-hydrogen) atoms. The van der Waals surface area contributed by atoms with E-state index in [0.717, 1.165) is 12.1 Å². The molecule has 2 amide bonds. The summed E-state index contributed by atoms with van der Waals surface area (Å²) in [6.07, 6.45) is -4.44. The summed E-state index contributed by atoms with van der Waals surface area (Å²) in [5, 5.41) is 5.73. The smallest absolute Gasteiger partial charge is 0.304 e. The zero-order valence-corrected chi connectivity index (χ0v) is 8.61. The molecule has 1 N–H and O–H groups in total. The third kappa shape index (κ3) is 1.79. The van der Waals surface area contributed by atoms with Gasteiger partial charge >= 0.3 is 12.2 Å². The van der Waals surface area contributed by atoms with Crippen molar-refractivity contribution in [3.8, 4) is 0 Å². The molecule has 0 saturated heterocycles. The third-order valence-corrected chi connectivity index (χ3v) is 2.45. The summed E-state index contributed by atoms with van der Waals surface area (Å²) in [4.78, 5) is 10.8. The second kappa shape index (κ2) is 3.13. The van der Waals surface area contributed by atoms with Crippen LogP contribution in [0.5, 0.6) is 0 Å². The van der Waals surface area contributed by atoms with Crippen LogP contribution in [-0.4, -0.2) is 6.03 Å². The molecule has 1 aliphatic heterocycles. The van der Waals surface area contributed by atoms with Gasteiger partial charge in [0.1, 0.15) is 5.69 Å². The number of carbonyl (C=O) groups is 1. The Morgan fingerprint density at radius 2 is 2.00 bits per heavy atom. The molecule has 0 atom stereocenters. The number of nitrogens with zero attached hydrogens (tertiary/aromatic N) is 1. The fraction of sp³-hybridized carbons (Fsp3) is 0.125. The van der Waals surface area contributed by atoms with E-state index in [1.165, 1.54) is 0 Å². The number of halogens is 4. The number of fused-ring (bicyclic) bond motifs is 1. The number of hydrogen-bond donors (Lipinski definition) is 1. The second-order valence-electron chi connectivity index (χ2n) is 2.89. The van der Waals surface area contributed by atoms with Crippen LogP contribution in [0.2, 0.25) is 0 Å². The number of alkyl halides is 3. The minimum absolute atomic E-state index is 0.0710. The van der Waals surface area contributed by atoms with E-state index in [-0.39, 0.29) is 15.8 Å². The highest BCUT2D eigenvalue weighted by molar-refractivity contribution is 9.10. The highest BCUT2D eigenvalue weighted by Gasteiger charge is 2.34. The first kappa shape index (κ1) is 10.3. The number of anilines is 1. The molecule has 0 bridgehead atoms. The van der Waals surface area contributed by atoms with Crippen molar-refractivity contribution in [2.24, 2.45) is 0 Å². The lowest BCUT2D eigenvalue weighted by atomic mass is 10.2. The second-order valence-corrected chi connectivity index (χ2v) is 3.75. The van der Waals surface area contributed by atoms with Gasteiger partial charge in [-0.3, -0.25) is 0 Å². The predicted molar refractivity (Wildman–Crippen MR) is 50.0 cm³/mol. The van der Waals surface area contributed by atoms with E-state index in [1.807, 2.05) is 0 Å². The summed E-state index contributed by atoms with van der Waals surface area (Å²) in [5.74, 6) is 0. The van der Waals surface area contributed by atoms with Crippen molar-refractivity contribution in [2.45, 2.75) is 6.18 Å². The first-order chi connectivity index (χ1) is 6.88. The molecule has 2 rings (SSSR count). The van der Waals surface area contributed by atoms with Crippen LogP contribution in [0, 0.1) is 0 Å². The Labute approximate surface area is 90.8 Å². The van der Waals surface area contributed by atoms with Gasteiger partial charge in [0.25, 0.3) is 0 Å². The number of urea groups is 1. The maximum absolute atomic E-state index is 12.4. The highest BCUT2D eigenvalue weighted by Crippen LogP contribution is 2.40. The SMILES string of the molecule is O=C1[N]c2c(Br)cc(C(F)(F)F)cc2N1. The van der Waals surface area contributed by atoms with Crippen LogP contribution in [0.25, 0.3) is 0 Å². The van der Waals surface area contributed by atoms with Crippen LogP contribution < -0.4 is 10.6 Å². The average Bonchev–Trinajstić information content (AvgIpc) is 2.44. The van der Waals surface area contributed by atoms with Gasteiger partial charge in [-0.15, -0.1) is 0 Å². The van der Waals surface area contributed by atoms with E-state index in [2.05, 4.69) is 26.6 Å². The van der Waals surface area contributed by atoms with Crippen molar-refractivity contribution >= 4 is 33.3 Å². The topological polar surface area (TPSA) is 43.2 Å². The normalized spacial score (nSPS) is 14.5. The van der Waals surface area contributed by atoms with Gasteiger partial charge in [0.05, 0.1) is 11.3 Å². The summed E-state index contributed by atoms with van der Waals surface area (Å²) >= 11 is 2.93. The number of amides is 2. The lowest BCUT2D eigenvalue weighted by molar-refractivity contribution is -0.137. The van der Waals surface area contributed by atoms with Gasteiger partial charge < -0.3 is 5.32 Å². The van der Waals surface area contributed by atoms with Gasteiger partial charge in [0.15, 0.2) is 0 Å². The van der Waals surface area contributed by atoms with Gasteiger partial charge in [-0.1, -0.05) is 0 Å². The molecular formula is C8H3BrF3N2O. The molecule has 0 aromatic heterocycles. The van der Waals surface area contributed by atoms with Gasteiger partial charge in [-0.05, 0) is 28.1 Å². The Morgan fingerprint density at radius 3 is 2.60 bits per heavy atom. The number of hydrogen-bond acceptors (Lipinski definition) is 1. The molecule has 79 valence electrons. The van der Waals surface area contributed by atoms with Gasteiger partial charge in [-0.25, -0.2) is 4.79 Å². The Hall–Kier alpha value is -1.24.